The SMILES string of the molecule is Cc1c(Cl)ccc(C(C)(C)C)c1O. The monoisotopic (exact) mass is 198 g/mol. The van der Waals surface area contributed by atoms with E-state index in [1.54, 1.807) is 0 Å². The van der Waals surface area contributed by atoms with Crippen molar-refractivity contribution in [2.75, 3.05) is 0 Å². The standard InChI is InChI=1S/C11H15ClO/c1-7-9(12)6-5-8(10(7)13)11(2,3)4/h5-6,13H,1-4H3. The maximum Gasteiger partial charge on any atom is 0.123 e. The molecule has 0 aromatic heterocycles. The number of halogens is 1. The van der Waals surface area contributed by atoms with E-state index in [1.165, 1.54) is 0 Å². The second-order valence-electron chi connectivity index (χ2n) is 4.32. The van der Waals surface area contributed by atoms with E-state index in [4.69, 9.17) is 11.6 Å². The largest absolute Gasteiger partial charge is 0.507 e. The molecule has 0 heterocycles. The number of rotatable bonds is 0. The van der Waals surface area contributed by atoms with E-state index in [1.807, 2.05) is 19.1 Å². The second-order valence-corrected chi connectivity index (χ2v) is 4.73. The van der Waals surface area contributed by atoms with Crippen LogP contribution in [0.5, 0.6) is 5.75 Å². The van der Waals surface area contributed by atoms with E-state index < -0.39 is 0 Å². The van der Waals surface area contributed by atoms with Crippen molar-refractivity contribution in [1.82, 2.24) is 0 Å². The molecule has 72 valence electrons. The summed E-state index contributed by atoms with van der Waals surface area (Å²) in [5.41, 5.74) is 1.66. The zero-order valence-corrected chi connectivity index (χ0v) is 9.24. The first kappa shape index (κ1) is 10.4. The summed E-state index contributed by atoms with van der Waals surface area (Å²) in [5.74, 6) is 0.319. The summed E-state index contributed by atoms with van der Waals surface area (Å²) in [5, 5.41) is 10.4. The minimum absolute atomic E-state index is 0.0422. The topological polar surface area (TPSA) is 20.2 Å². The fourth-order valence-corrected chi connectivity index (χ4v) is 1.43. The Morgan fingerprint density at radius 2 is 1.77 bits per heavy atom. The van der Waals surface area contributed by atoms with Gasteiger partial charge in [-0.3, -0.25) is 0 Å². The van der Waals surface area contributed by atoms with Crippen LogP contribution in [0, 0.1) is 6.92 Å². The van der Waals surface area contributed by atoms with Crippen LogP contribution in [-0.2, 0) is 5.41 Å². The molecular formula is C11H15ClO. The highest BCUT2D eigenvalue weighted by molar-refractivity contribution is 6.31. The Morgan fingerprint density at radius 1 is 1.23 bits per heavy atom. The molecule has 1 rings (SSSR count). The van der Waals surface area contributed by atoms with E-state index >= 15 is 0 Å². The van der Waals surface area contributed by atoms with Crippen LogP contribution < -0.4 is 0 Å². The molecule has 0 saturated heterocycles. The molecule has 1 N–H and O–H groups in total. The van der Waals surface area contributed by atoms with Crippen molar-refractivity contribution in [3.05, 3.63) is 28.3 Å². The number of hydrogen-bond acceptors (Lipinski definition) is 1. The Bertz CT molecular complexity index is 324. The first-order chi connectivity index (χ1) is 5.84. The van der Waals surface area contributed by atoms with Gasteiger partial charge >= 0.3 is 0 Å². The van der Waals surface area contributed by atoms with Crippen molar-refractivity contribution < 1.29 is 5.11 Å². The van der Waals surface area contributed by atoms with Gasteiger partial charge in [-0.05, 0) is 24.0 Å². The van der Waals surface area contributed by atoms with Gasteiger partial charge in [0.1, 0.15) is 5.75 Å². The summed E-state index contributed by atoms with van der Waals surface area (Å²) in [4.78, 5) is 0. The molecule has 0 aliphatic carbocycles. The molecular weight excluding hydrogens is 184 g/mol. The van der Waals surface area contributed by atoms with Crippen molar-refractivity contribution >= 4 is 11.6 Å². The molecule has 1 nitrogen and oxygen atoms in total. The summed E-state index contributed by atoms with van der Waals surface area (Å²) in [7, 11) is 0. The van der Waals surface area contributed by atoms with E-state index in [9.17, 15) is 5.11 Å². The maximum atomic E-state index is 9.83. The van der Waals surface area contributed by atoms with Crippen molar-refractivity contribution in [2.24, 2.45) is 0 Å². The molecule has 0 aliphatic rings. The van der Waals surface area contributed by atoms with Gasteiger partial charge in [0.05, 0.1) is 0 Å². The number of hydrogen-bond donors (Lipinski definition) is 1. The summed E-state index contributed by atoms with van der Waals surface area (Å²) < 4.78 is 0. The Hall–Kier alpha value is -0.690. The first-order valence-corrected chi connectivity index (χ1v) is 4.70. The normalized spacial score (nSPS) is 11.8. The summed E-state index contributed by atoms with van der Waals surface area (Å²) in [6, 6.07) is 3.71. The smallest absolute Gasteiger partial charge is 0.123 e. The third kappa shape index (κ3) is 1.97. The molecule has 2 heteroatoms. The fraction of sp³-hybridized carbons (Fsp3) is 0.455. The van der Waals surface area contributed by atoms with Crippen LogP contribution in [0.25, 0.3) is 0 Å². The van der Waals surface area contributed by atoms with Crippen molar-refractivity contribution in [1.29, 1.82) is 0 Å². The lowest BCUT2D eigenvalue weighted by Gasteiger charge is -2.21. The fourth-order valence-electron chi connectivity index (χ4n) is 1.28. The molecule has 1 aromatic carbocycles. The quantitative estimate of drug-likeness (QED) is 0.675. The van der Waals surface area contributed by atoms with Gasteiger partial charge in [-0.1, -0.05) is 38.4 Å². The van der Waals surface area contributed by atoms with Crippen molar-refractivity contribution in [2.45, 2.75) is 33.1 Å². The van der Waals surface area contributed by atoms with Crippen LogP contribution >= 0.6 is 11.6 Å². The molecule has 13 heavy (non-hydrogen) atoms. The third-order valence-corrected chi connectivity index (χ3v) is 2.58. The molecule has 0 saturated carbocycles. The Kier molecular flexibility index (Phi) is 2.58. The molecule has 0 atom stereocenters. The van der Waals surface area contributed by atoms with Gasteiger partial charge in [-0.25, -0.2) is 0 Å². The van der Waals surface area contributed by atoms with Crippen LogP contribution in [0.15, 0.2) is 12.1 Å². The summed E-state index contributed by atoms with van der Waals surface area (Å²) >= 11 is 5.88. The number of aromatic hydroxyl groups is 1. The zero-order chi connectivity index (χ0) is 10.2. The van der Waals surface area contributed by atoms with Gasteiger partial charge in [-0.2, -0.15) is 0 Å². The Morgan fingerprint density at radius 3 is 2.23 bits per heavy atom. The van der Waals surface area contributed by atoms with Gasteiger partial charge in [0.25, 0.3) is 0 Å². The number of benzene rings is 1. The van der Waals surface area contributed by atoms with Gasteiger partial charge in [0, 0.05) is 10.6 Å². The van der Waals surface area contributed by atoms with Gasteiger partial charge in [-0.15, -0.1) is 0 Å². The van der Waals surface area contributed by atoms with Gasteiger partial charge in [0.15, 0.2) is 0 Å². The van der Waals surface area contributed by atoms with Crippen LogP contribution in [0.2, 0.25) is 5.02 Å². The minimum Gasteiger partial charge on any atom is -0.507 e. The minimum atomic E-state index is -0.0422. The molecule has 0 spiro atoms. The van der Waals surface area contributed by atoms with Gasteiger partial charge in [0.2, 0.25) is 0 Å². The predicted octanol–water partition coefficient (Wildman–Crippen LogP) is 3.65. The highest BCUT2D eigenvalue weighted by Crippen LogP contribution is 2.35. The maximum absolute atomic E-state index is 9.83. The Balaban J connectivity index is 3.35. The van der Waals surface area contributed by atoms with E-state index in [-0.39, 0.29) is 5.41 Å². The molecule has 0 fully saturated rings. The van der Waals surface area contributed by atoms with E-state index in [0.29, 0.717) is 10.8 Å². The van der Waals surface area contributed by atoms with E-state index in [2.05, 4.69) is 20.8 Å². The Labute approximate surface area is 84.4 Å². The zero-order valence-electron chi connectivity index (χ0n) is 8.48. The van der Waals surface area contributed by atoms with Crippen LogP contribution in [-0.4, -0.2) is 5.11 Å². The first-order valence-electron chi connectivity index (χ1n) is 4.32. The van der Waals surface area contributed by atoms with Crippen molar-refractivity contribution in [3.8, 4) is 5.75 Å². The number of phenols is 1. The number of phenolic OH excluding ortho intramolecular Hbond substituents is 1. The molecule has 0 aliphatic heterocycles. The van der Waals surface area contributed by atoms with Crippen LogP contribution in [0.1, 0.15) is 31.9 Å². The van der Waals surface area contributed by atoms with Crippen LogP contribution in [0.3, 0.4) is 0 Å². The lowest BCUT2D eigenvalue weighted by Crippen LogP contribution is -2.11. The molecule has 0 unspecified atom stereocenters. The molecule has 0 bridgehead atoms. The van der Waals surface area contributed by atoms with Gasteiger partial charge < -0.3 is 5.11 Å². The highest BCUT2D eigenvalue weighted by Gasteiger charge is 2.19. The molecule has 0 radical (unpaired) electrons. The lowest BCUT2D eigenvalue weighted by atomic mass is 9.85. The third-order valence-electron chi connectivity index (χ3n) is 2.17. The highest BCUT2D eigenvalue weighted by atomic mass is 35.5. The van der Waals surface area contributed by atoms with Crippen LogP contribution in [0.4, 0.5) is 0 Å². The average Bonchev–Trinajstić information content (AvgIpc) is 1.98. The predicted molar refractivity (Wildman–Crippen MR) is 56.6 cm³/mol. The van der Waals surface area contributed by atoms with E-state index in [0.717, 1.165) is 11.1 Å². The molecule has 1 aromatic rings. The second kappa shape index (κ2) is 3.22. The molecule has 0 amide bonds. The van der Waals surface area contributed by atoms with Crippen molar-refractivity contribution in [3.63, 3.8) is 0 Å². The summed E-state index contributed by atoms with van der Waals surface area (Å²) in [6.07, 6.45) is 0. The lowest BCUT2D eigenvalue weighted by molar-refractivity contribution is 0.443. The average molecular weight is 199 g/mol. The summed E-state index contributed by atoms with van der Waals surface area (Å²) in [6.45, 7) is 8.02.